The third-order valence-corrected chi connectivity index (χ3v) is 3.09. The zero-order valence-electron chi connectivity index (χ0n) is 8.45. The molecule has 0 aliphatic rings. The van der Waals surface area contributed by atoms with Crippen molar-refractivity contribution in [2.24, 2.45) is 0 Å². The molecule has 7 heteroatoms. The summed E-state index contributed by atoms with van der Waals surface area (Å²) in [5.74, 6) is -0.192. The lowest BCUT2D eigenvalue weighted by atomic mass is 10.4. The van der Waals surface area contributed by atoms with Crippen LogP contribution in [0.5, 0.6) is 0 Å². The van der Waals surface area contributed by atoms with E-state index in [0.717, 1.165) is 15.6 Å². The molecule has 0 spiro atoms. The zero-order valence-corrected chi connectivity index (χ0v) is 9.27. The van der Waals surface area contributed by atoms with Crippen LogP contribution in [0.2, 0.25) is 0 Å². The first-order chi connectivity index (χ1) is 8.33. The van der Waals surface area contributed by atoms with Crippen molar-refractivity contribution in [1.82, 2.24) is 20.1 Å². The maximum absolute atomic E-state index is 10.8. The number of aromatic amines is 1. The molecular weight excluding hydrogens is 240 g/mol. The number of H-pyrrole nitrogens is 1. The van der Waals surface area contributed by atoms with Gasteiger partial charge in [-0.1, -0.05) is 11.2 Å². The van der Waals surface area contributed by atoms with Gasteiger partial charge in [-0.15, -0.1) is 11.3 Å². The third-order valence-electron chi connectivity index (χ3n) is 2.06. The first-order valence-electron chi connectivity index (χ1n) is 4.76. The van der Waals surface area contributed by atoms with E-state index >= 15 is 0 Å². The van der Waals surface area contributed by atoms with Gasteiger partial charge in [-0.25, -0.2) is 9.78 Å². The Labute approximate surface area is 99.0 Å². The molecule has 0 atom stereocenters. The second kappa shape index (κ2) is 3.95. The molecule has 0 amide bonds. The van der Waals surface area contributed by atoms with Gasteiger partial charge in [0.25, 0.3) is 0 Å². The number of nitrogens with one attached hydrogen (secondary N) is 1. The fourth-order valence-electron chi connectivity index (χ4n) is 1.33. The Bertz CT molecular complexity index is 685. The standard InChI is InChI=1S/C10H6N4O2S/c15-10-13-8(14-16-10)7-5-12-9(17-7)6-3-1-2-4-11-6/h1-5H,(H,13,14,15). The second-order valence-corrected chi connectivity index (χ2v) is 4.22. The molecule has 0 fully saturated rings. The highest BCUT2D eigenvalue weighted by Gasteiger charge is 2.10. The van der Waals surface area contributed by atoms with Crippen molar-refractivity contribution in [2.45, 2.75) is 0 Å². The van der Waals surface area contributed by atoms with Crippen molar-refractivity contribution < 1.29 is 4.52 Å². The van der Waals surface area contributed by atoms with Crippen LogP contribution in [0.3, 0.4) is 0 Å². The van der Waals surface area contributed by atoms with Gasteiger partial charge in [-0.05, 0) is 12.1 Å². The lowest BCUT2D eigenvalue weighted by Gasteiger charge is -1.91. The molecule has 0 aliphatic carbocycles. The third kappa shape index (κ3) is 1.87. The van der Waals surface area contributed by atoms with Crippen LogP contribution in [0.4, 0.5) is 0 Å². The summed E-state index contributed by atoms with van der Waals surface area (Å²) in [6, 6.07) is 5.60. The molecule has 6 nitrogen and oxygen atoms in total. The van der Waals surface area contributed by atoms with E-state index in [-0.39, 0.29) is 0 Å². The number of rotatable bonds is 2. The lowest BCUT2D eigenvalue weighted by Crippen LogP contribution is -1.94. The fraction of sp³-hybridized carbons (Fsp3) is 0. The summed E-state index contributed by atoms with van der Waals surface area (Å²) in [6.07, 6.45) is 3.33. The van der Waals surface area contributed by atoms with E-state index in [1.54, 1.807) is 12.4 Å². The number of thiazole rings is 1. The number of pyridine rings is 1. The van der Waals surface area contributed by atoms with Gasteiger partial charge in [-0.2, -0.15) is 0 Å². The summed E-state index contributed by atoms with van der Waals surface area (Å²) in [7, 11) is 0. The van der Waals surface area contributed by atoms with E-state index in [1.807, 2.05) is 18.2 Å². The van der Waals surface area contributed by atoms with Crippen molar-refractivity contribution in [3.63, 3.8) is 0 Å². The van der Waals surface area contributed by atoms with Crippen molar-refractivity contribution in [2.75, 3.05) is 0 Å². The Morgan fingerprint density at radius 3 is 2.94 bits per heavy atom. The van der Waals surface area contributed by atoms with Crippen LogP contribution in [0.1, 0.15) is 0 Å². The van der Waals surface area contributed by atoms with Crippen LogP contribution in [-0.4, -0.2) is 20.1 Å². The molecule has 3 rings (SSSR count). The summed E-state index contributed by atoms with van der Waals surface area (Å²) in [4.78, 5) is 22.5. The quantitative estimate of drug-likeness (QED) is 0.741. The van der Waals surface area contributed by atoms with Gasteiger partial charge in [0.15, 0.2) is 5.82 Å². The van der Waals surface area contributed by atoms with E-state index in [1.165, 1.54) is 11.3 Å². The molecule has 0 saturated carbocycles. The SMILES string of the molecule is O=c1[nH]c(-c2cnc(-c3ccccn3)s2)no1. The summed E-state index contributed by atoms with van der Waals surface area (Å²) in [6.45, 7) is 0. The molecule has 84 valence electrons. The molecule has 0 saturated heterocycles. The summed E-state index contributed by atoms with van der Waals surface area (Å²) in [5.41, 5.74) is 0.787. The lowest BCUT2D eigenvalue weighted by molar-refractivity contribution is 0.388. The predicted octanol–water partition coefficient (Wildman–Crippen LogP) is 1.55. The first kappa shape index (κ1) is 9.91. The van der Waals surface area contributed by atoms with Gasteiger partial charge >= 0.3 is 5.76 Å². The van der Waals surface area contributed by atoms with Crippen LogP contribution >= 0.6 is 11.3 Å². The molecule has 1 N–H and O–H groups in total. The van der Waals surface area contributed by atoms with E-state index in [2.05, 4.69) is 24.6 Å². The molecular formula is C10H6N4O2S. The number of hydrogen-bond donors (Lipinski definition) is 1. The monoisotopic (exact) mass is 246 g/mol. The Morgan fingerprint density at radius 2 is 2.24 bits per heavy atom. The minimum Gasteiger partial charge on any atom is -0.296 e. The van der Waals surface area contributed by atoms with Gasteiger partial charge in [0.05, 0.1) is 10.6 Å². The summed E-state index contributed by atoms with van der Waals surface area (Å²) >= 11 is 1.39. The molecule has 0 aromatic carbocycles. The Hall–Kier alpha value is -2.28. The first-order valence-corrected chi connectivity index (χ1v) is 5.58. The average molecular weight is 246 g/mol. The average Bonchev–Trinajstić information content (AvgIpc) is 2.98. The molecule has 3 heterocycles. The van der Waals surface area contributed by atoms with Crippen molar-refractivity contribution in [3.05, 3.63) is 41.1 Å². The molecule has 0 bridgehead atoms. The minimum absolute atomic E-state index is 0.384. The molecule has 17 heavy (non-hydrogen) atoms. The maximum atomic E-state index is 10.8. The largest absolute Gasteiger partial charge is 0.439 e. The van der Waals surface area contributed by atoms with Gasteiger partial charge in [0, 0.05) is 12.4 Å². The van der Waals surface area contributed by atoms with Crippen molar-refractivity contribution in [1.29, 1.82) is 0 Å². The fourth-order valence-corrected chi connectivity index (χ4v) is 2.16. The maximum Gasteiger partial charge on any atom is 0.439 e. The van der Waals surface area contributed by atoms with E-state index < -0.39 is 5.76 Å². The van der Waals surface area contributed by atoms with Crippen LogP contribution in [0, 0.1) is 0 Å². The van der Waals surface area contributed by atoms with Crippen LogP contribution in [-0.2, 0) is 0 Å². The number of nitrogens with zero attached hydrogens (tertiary/aromatic N) is 3. The second-order valence-electron chi connectivity index (χ2n) is 3.19. The van der Waals surface area contributed by atoms with E-state index in [0.29, 0.717) is 5.82 Å². The van der Waals surface area contributed by atoms with Gasteiger partial charge < -0.3 is 0 Å². The highest BCUT2D eigenvalue weighted by molar-refractivity contribution is 7.18. The molecule has 0 aliphatic heterocycles. The summed E-state index contributed by atoms with van der Waals surface area (Å²) in [5, 5.41) is 4.37. The smallest absolute Gasteiger partial charge is 0.296 e. The highest BCUT2D eigenvalue weighted by atomic mass is 32.1. The van der Waals surface area contributed by atoms with Gasteiger partial charge in [0.2, 0.25) is 0 Å². The van der Waals surface area contributed by atoms with Crippen LogP contribution in [0.15, 0.2) is 39.9 Å². The molecule has 3 aromatic heterocycles. The van der Waals surface area contributed by atoms with Crippen molar-refractivity contribution >= 4 is 11.3 Å². The normalized spacial score (nSPS) is 10.6. The minimum atomic E-state index is -0.576. The molecule has 0 unspecified atom stereocenters. The highest BCUT2D eigenvalue weighted by Crippen LogP contribution is 2.28. The number of hydrogen-bond acceptors (Lipinski definition) is 6. The van der Waals surface area contributed by atoms with Gasteiger partial charge in [-0.3, -0.25) is 14.5 Å². The molecule has 0 radical (unpaired) electrons. The topological polar surface area (TPSA) is 84.7 Å². The van der Waals surface area contributed by atoms with E-state index in [4.69, 9.17) is 0 Å². The number of aromatic nitrogens is 4. The van der Waals surface area contributed by atoms with Crippen LogP contribution in [0.25, 0.3) is 21.4 Å². The summed E-state index contributed by atoms with van der Waals surface area (Å²) < 4.78 is 4.44. The van der Waals surface area contributed by atoms with Crippen LogP contribution < -0.4 is 5.76 Å². The molecule has 3 aromatic rings. The Balaban J connectivity index is 2.01. The van der Waals surface area contributed by atoms with Gasteiger partial charge in [0.1, 0.15) is 5.01 Å². The van der Waals surface area contributed by atoms with E-state index in [9.17, 15) is 4.79 Å². The van der Waals surface area contributed by atoms with Crippen molar-refractivity contribution in [3.8, 4) is 21.4 Å². The zero-order chi connectivity index (χ0) is 11.7. The predicted molar refractivity (Wildman–Crippen MR) is 61.5 cm³/mol. The Morgan fingerprint density at radius 1 is 1.29 bits per heavy atom. The Kier molecular flexibility index (Phi) is 2.30.